The maximum Gasteiger partial charge on any atom is 0.451 e. The fourth-order valence-corrected chi connectivity index (χ4v) is 6.74. The Morgan fingerprint density at radius 2 is 1.73 bits per heavy atom. The average Bonchev–Trinajstić information content (AvgIpc) is 3.23. The molecule has 1 aliphatic rings. The minimum Gasteiger partial charge on any atom is -0.328 e. The van der Waals surface area contributed by atoms with Gasteiger partial charge in [-0.3, -0.25) is 9.78 Å². The van der Waals surface area contributed by atoms with Gasteiger partial charge in [0.25, 0.3) is 0 Å². The molecule has 4 rings (SSSR count). The first-order valence-electron chi connectivity index (χ1n) is 12.0. The molecular weight excluding hydrogens is 596 g/mol. The fraction of sp³-hybridized carbons (Fsp3) is 0.360. The first-order valence-corrected chi connectivity index (χ1v) is 14.8. The van der Waals surface area contributed by atoms with E-state index in [1.807, 2.05) is 0 Å². The van der Waals surface area contributed by atoms with Gasteiger partial charge in [0.2, 0.25) is 21.8 Å². The number of nitrogens with zero attached hydrogens (tertiary/aromatic N) is 5. The molecule has 1 saturated heterocycles. The molecule has 1 fully saturated rings. The number of pyridine rings is 1. The highest BCUT2D eigenvalue weighted by molar-refractivity contribution is 7.98. The summed E-state index contributed by atoms with van der Waals surface area (Å²) in [7, 11) is -4.42. The smallest absolute Gasteiger partial charge is 0.328 e. The maximum absolute atomic E-state index is 14.9. The van der Waals surface area contributed by atoms with Crippen molar-refractivity contribution in [3.05, 3.63) is 71.9 Å². The van der Waals surface area contributed by atoms with E-state index in [0.717, 1.165) is 52.1 Å². The summed E-state index contributed by atoms with van der Waals surface area (Å²) in [5.41, 5.74) is 0.0158. The van der Waals surface area contributed by atoms with Gasteiger partial charge in [-0.1, -0.05) is 0 Å². The van der Waals surface area contributed by atoms with E-state index in [0.29, 0.717) is 0 Å². The number of benzene rings is 1. The second-order valence-corrected chi connectivity index (χ2v) is 11.9. The van der Waals surface area contributed by atoms with E-state index in [4.69, 9.17) is 0 Å². The van der Waals surface area contributed by atoms with Crippen molar-refractivity contribution in [1.29, 1.82) is 0 Å². The van der Waals surface area contributed by atoms with Gasteiger partial charge < -0.3 is 4.90 Å². The largest absolute Gasteiger partial charge is 0.451 e. The number of carbonyl (C=O) groups excluding carboxylic acids is 1. The van der Waals surface area contributed by atoms with E-state index >= 15 is 0 Å². The van der Waals surface area contributed by atoms with Crippen molar-refractivity contribution in [2.75, 3.05) is 12.1 Å². The lowest BCUT2D eigenvalue weighted by Crippen LogP contribution is -2.49. The first-order chi connectivity index (χ1) is 19.2. The molecule has 0 unspecified atom stereocenters. The molecule has 1 aromatic carbocycles. The Morgan fingerprint density at radius 3 is 2.32 bits per heavy atom. The molecule has 3 aromatic rings. The minimum absolute atomic E-state index is 0.0222. The van der Waals surface area contributed by atoms with Crippen LogP contribution in [0.2, 0.25) is 0 Å². The van der Waals surface area contributed by atoms with Crippen molar-refractivity contribution in [2.45, 2.75) is 49.2 Å². The second kappa shape index (κ2) is 11.9. The summed E-state index contributed by atoms with van der Waals surface area (Å²) in [5.74, 6) is -3.68. The molecule has 2 aromatic heterocycles. The number of halogens is 6. The van der Waals surface area contributed by atoms with Crippen LogP contribution in [0.5, 0.6) is 0 Å². The minimum atomic E-state index is -4.76. The Morgan fingerprint density at radius 1 is 1.10 bits per heavy atom. The van der Waals surface area contributed by atoms with E-state index in [1.54, 1.807) is 6.26 Å². The van der Waals surface area contributed by atoms with Gasteiger partial charge in [-0.05, 0) is 43.5 Å². The van der Waals surface area contributed by atoms with Gasteiger partial charge in [0.1, 0.15) is 23.8 Å². The highest BCUT2D eigenvalue weighted by Crippen LogP contribution is 2.35. The molecule has 0 bridgehead atoms. The number of hydrogen-bond acceptors (Lipinski definition) is 7. The average molecular weight is 620 g/mol. The van der Waals surface area contributed by atoms with Crippen LogP contribution in [0.4, 0.5) is 26.3 Å². The van der Waals surface area contributed by atoms with Crippen molar-refractivity contribution in [3.8, 4) is 11.3 Å². The van der Waals surface area contributed by atoms with Gasteiger partial charge in [0, 0.05) is 36.5 Å². The molecule has 1 amide bonds. The van der Waals surface area contributed by atoms with Crippen LogP contribution in [0.1, 0.15) is 24.7 Å². The monoisotopic (exact) mass is 619 g/mol. The Bertz CT molecular complexity index is 1510. The van der Waals surface area contributed by atoms with Gasteiger partial charge in [0.15, 0.2) is 0 Å². The van der Waals surface area contributed by atoms with Crippen LogP contribution in [0.3, 0.4) is 0 Å². The molecule has 0 N–H and O–H groups in total. The van der Waals surface area contributed by atoms with Crippen LogP contribution in [-0.2, 0) is 27.5 Å². The summed E-state index contributed by atoms with van der Waals surface area (Å²) in [6.07, 6.45) is -2.65. The van der Waals surface area contributed by atoms with Crippen LogP contribution in [0, 0.1) is 11.6 Å². The van der Waals surface area contributed by atoms with Gasteiger partial charge >= 0.3 is 6.18 Å². The van der Waals surface area contributed by atoms with E-state index in [1.165, 1.54) is 24.8 Å². The van der Waals surface area contributed by atoms with Gasteiger partial charge in [-0.2, -0.15) is 17.5 Å². The van der Waals surface area contributed by atoms with E-state index in [-0.39, 0.29) is 34.1 Å². The van der Waals surface area contributed by atoms with E-state index in [9.17, 15) is 39.6 Å². The Labute approximate surface area is 235 Å². The maximum atomic E-state index is 14.9. The van der Waals surface area contributed by atoms with Crippen LogP contribution < -0.4 is 0 Å². The first kappa shape index (κ1) is 30.7. The van der Waals surface area contributed by atoms with Crippen molar-refractivity contribution in [2.24, 2.45) is 0 Å². The normalized spacial score (nSPS) is 19.9. The zero-order valence-corrected chi connectivity index (χ0v) is 23.2. The standard InChI is InChI=1S/C25H23F6N5O3S2/c1-14-19(27)8-22(36(14)41(38,39)18-5-3-17(26)4-6-18)23(37)35(13-40-2)12-15-7-21(32-11-20(15)28)16-9-33-24(34-10-16)25(29,30)31/h3-7,9-11,14,19,22H,8,12-13H2,1-2H3/t14-,19+,22-/m0/s1. The molecule has 8 nitrogen and oxygen atoms in total. The lowest BCUT2D eigenvalue weighted by atomic mass is 10.1. The molecule has 3 heterocycles. The summed E-state index contributed by atoms with van der Waals surface area (Å²) in [6, 6.07) is 2.44. The van der Waals surface area contributed by atoms with Crippen molar-refractivity contribution < 1.29 is 39.6 Å². The van der Waals surface area contributed by atoms with Crippen LogP contribution in [-0.4, -0.2) is 68.9 Å². The molecule has 0 aliphatic carbocycles. The van der Waals surface area contributed by atoms with Gasteiger partial charge in [0.05, 0.1) is 28.7 Å². The molecule has 41 heavy (non-hydrogen) atoms. The topological polar surface area (TPSA) is 96.4 Å². The third-order valence-corrected chi connectivity index (χ3v) is 9.03. The van der Waals surface area contributed by atoms with Crippen LogP contribution >= 0.6 is 11.8 Å². The third-order valence-electron chi connectivity index (χ3n) is 6.45. The predicted octanol–water partition coefficient (Wildman–Crippen LogP) is 4.67. The second-order valence-electron chi connectivity index (χ2n) is 9.20. The lowest BCUT2D eigenvalue weighted by Gasteiger charge is -2.31. The number of alkyl halides is 4. The Balaban J connectivity index is 1.64. The lowest BCUT2D eigenvalue weighted by molar-refractivity contribution is -0.145. The number of sulfonamides is 1. The molecule has 0 saturated carbocycles. The molecule has 3 atom stereocenters. The predicted molar refractivity (Wildman–Crippen MR) is 137 cm³/mol. The molecular formula is C25H23F6N5O3S2. The molecule has 0 spiro atoms. The van der Waals surface area contributed by atoms with Gasteiger partial charge in [-0.25, -0.2) is 31.6 Å². The summed E-state index contributed by atoms with van der Waals surface area (Å²) in [5, 5.41) is 0. The summed E-state index contributed by atoms with van der Waals surface area (Å²) in [4.78, 5) is 24.9. The SMILES string of the molecule is CSCN(Cc1cc(-c2cnc(C(F)(F)F)nc2)ncc1F)C(=O)[C@@H]1C[C@@H](F)[C@H](C)N1S(=O)(=O)c1ccc(F)cc1. The van der Waals surface area contributed by atoms with Crippen LogP contribution in [0.15, 0.2) is 53.8 Å². The number of rotatable bonds is 8. The molecule has 0 radical (unpaired) electrons. The number of carbonyl (C=O) groups is 1. The van der Waals surface area contributed by atoms with Crippen molar-refractivity contribution in [1.82, 2.24) is 24.2 Å². The van der Waals surface area contributed by atoms with Gasteiger partial charge in [-0.15, -0.1) is 11.8 Å². The van der Waals surface area contributed by atoms with Crippen LogP contribution in [0.25, 0.3) is 11.3 Å². The number of hydrogen-bond donors (Lipinski definition) is 0. The molecule has 220 valence electrons. The third kappa shape index (κ3) is 6.48. The molecule has 1 aliphatic heterocycles. The summed E-state index contributed by atoms with van der Waals surface area (Å²) >= 11 is 1.17. The number of aromatic nitrogens is 3. The Kier molecular flexibility index (Phi) is 8.94. The highest BCUT2D eigenvalue weighted by Gasteiger charge is 2.50. The fourth-order valence-electron chi connectivity index (χ4n) is 4.41. The zero-order valence-electron chi connectivity index (χ0n) is 21.5. The van der Waals surface area contributed by atoms with E-state index in [2.05, 4.69) is 15.0 Å². The quantitative estimate of drug-likeness (QED) is 0.267. The zero-order chi connectivity index (χ0) is 30.1. The summed E-state index contributed by atoms with van der Waals surface area (Å²) in [6.45, 7) is 0.938. The van der Waals surface area contributed by atoms with E-state index < -0.39 is 64.2 Å². The Hall–Kier alpha value is -3.24. The molecule has 16 heteroatoms. The van der Waals surface area contributed by atoms with Crippen molar-refractivity contribution in [3.63, 3.8) is 0 Å². The summed E-state index contributed by atoms with van der Waals surface area (Å²) < 4.78 is 109. The van der Waals surface area contributed by atoms with Crippen molar-refractivity contribution >= 4 is 27.7 Å². The number of amides is 1. The number of thioether (sulfide) groups is 1. The highest BCUT2D eigenvalue weighted by atomic mass is 32.2.